The van der Waals surface area contributed by atoms with Crippen molar-refractivity contribution in [3.05, 3.63) is 77.2 Å². The second-order valence-electron chi connectivity index (χ2n) is 9.53. The van der Waals surface area contributed by atoms with Crippen LogP contribution in [0.25, 0.3) is 5.57 Å². The lowest BCUT2D eigenvalue weighted by Gasteiger charge is -2.20. The summed E-state index contributed by atoms with van der Waals surface area (Å²) in [6.45, 7) is 3.80. The number of guanidine groups is 1. The highest BCUT2D eigenvalue weighted by molar-refractivity contribution is 5.84. The van der Waals surface area contributed by atoms with Crippen LogP contribution in [0.5, 0.6) is 0 Å². The van der Waals surface area contributed by atoms with Crippen molar-refractivity contribution >= 4 is 17.4 Å². The first kappa shape index (κ1) is 25.9. The van der Waals surface area contributed by atoms with Gasteiger partial charge in [-0.3, -0.25) is 4.79 Å². The molecule has 8 heteroatoms. The SMILES string of the molecule is CN1CCCNC(=O)[C@H](CO)CNCC2=CCCC(=C2)NC2=NC/C=C(\C=C/N2)c2ccc(cc2)C1. The molecule has 8 nitrogen and oxygen atoms in total. The van der Waals surface area contributed by atoms with E-state index in [0.29, 0.717) is 26.2 Å². The molecule has 1 aromatic rings. The smallest absolute Gasteiger partial charge is 0.226 e. The van der Waals surface area contributed by atoms with E-state index >= 15 is 0 Å². The quantitative estimate of drug-likeness (QED) is 0.412. The summed E-state index contributed by atoms with van der Waals surface area (Å²) >= 11 is 0. The molecule has 0 saturated heterocycles. The third-order valence-electron chi connectivity index (χ3n) is 6.57. The predicted molar refractivity (Wildman–Crippen MR) is 145 cm³/mol. The van der Waals surface area contributed by atoms with Gasteiger partial charge >= 0.3 is 0 Å². The fourth-order valence-electron chi connectivity index (χ4n) is 4.52. The Hall–Kier alpha value is -3.20. The highest BCUT2D eigenvalue weighted by atomic mass is 16.3. The van der Waals surface area contributed by atoms with Gasteiger partial charge in [-0.2, -0.15) is 0 Å². The average Bonchev–Trinajstić information content (AvgIpc) is 2.86. The number of carbonyl (C=O) groups is 1. The molecule has 0 spiro atoms. The molecule has 4 heterocycles. The lowest BCUT2D eigenvalue weighted by atomic mass is 10.0. The molecular formula is C28H38N6O2. The summed E-state index contributed by atoms with van der Waals surface area (Å²) in [5.41, 5.74) is 5.82. The Morgan fingerprint density at radius 2 is 2.06 bits per heavy atom. The van der Waals surface area contributed by atoms with Crippen LogP contribution in [0.2, 0.25) is 0 Å². The van der Waals surface area contributed by atoms with Crippen molar-refractivity contribution in [3.8, 4) is 0 Å². The van der Waals surface area contributed by atoms with Crippen molar-refractivity contribution in [1.82, 2.24) is 26.2 Å². The third kappa shape index (κ3) is 7.65. The number of benzene rings is 1. The first-order valence-corrected chi connectivity index (χ1v) is 12.8. The largest absolute Gasteiger partial charge is 0.395 e. The number of hydrogen-bond acceptors (Lipinski definition) is 7. The molecule has 192 valence electrons. The van der Waals surface area contributed by atoms with Gasteiger partial charge in [0.2, 0.25) is 5.91 Å². The summed E-state index contributed by atoms with van der Waals surface area (Å²) < 4.78 is 0. The van der Waals surface area contributed by atoms with Gasteiger partial charge in [-0.25, -0.2) is 4.99 Å². The Bertz CT molecular complexity index is 1050. The zero-order valence-electron chi connectivity index (χ0n) is 21.1. The van der Waals surface area contributed by atoms with Gasteiger partial charge in [0.15, 0.2) is 5.96 Å². The molecule has 6 bridgehead atoms. The molecule has 0 fully saturated rings. The van der Waals surface area contributed by atoms with Crippen LogP contribution in [0.4, 0.5) is 0 Å². The predicted octanol–water partition coefficient (Wildman–Crippen LogP) is 1.89. The highest BCUT2D eigenvalue weighted by Crippen LogP contribution is 2.19. The Labute approximate surface area is 213 Å². The maximum Gasteiger partial charge on any atom is 0.226 e. The summed E-state index contributed by atoms with van der Waals surface area (Å²) in [7, 11) is 2.09. The molecule has 36 heavy (non-hydrogen) atoms. The number of nitrogens with zero attached hydrogens (tertiary/aromatic N) is 2. The monoisotopic (exact) mass is 490 g/mol. The number of carbonyl (C=O) groups excluding carboxylic acids is 1. The van der Waals surface area contributed by atoms with E-state index < -0.39 is 5.92 Å². The topological polar surface area (TPSA) is 101 Å². The van der Waals surface area contributed by atoms with E-state index in [1.54, 1.807) is 0 Å². The molecule has 1 aliphatic carbocycles. The maximum absolute atomic E-state index is 12.5. The van der Waals surface area contributed by atoms with Crippen LogP contribution in [0.15, 0.2) is 71.0 Å². The van der Waals surface area contributed by atoms with Gasteiger partial charge in [-0.15, -0.1) is 0 Å². The van der Waals surface area contributed by atoms with E-state index in [1.165, 1.54) is 11.1 Å². The number of hydrogen-bond donors (Lipinski definition) is 5. The Kier molecular flexibility index (Phi) is 9.49. The van der Waals surface area contributed by atoms with E-state index in [1.807, 2.05) is 6.20 Å². The van der Waals surface area contributed by atoms with Gasteiger partial charge in [0, 0.05) is 38.1 Å². The molecular weight excluding hydrogens is 452 g/mol. The van der Waals surface area contributed by atoms with Crippen molar-refractivity contribution in [1.29, 1.82) is 0 Å². The lowest BCUT2D eigenvalue weighted by Crippen LogP contribution is -2.40. The number of nitrogens with one attached hydrogen (secondary N) is 4. The zero-order valence-corrected chi connectivity index (χ0v) is 21.1. The molecule has 1 amide bonds. The second-order valence-corrected chi connectivity index (χ2v) is 9.53. The van der Waals surface area contributed by atoms with Crippen molar-refractivity contribution in [3.63, 3.8) is 0 Å². The molecule has 0 unspecified atom stereocenters. The third-order valence-corrected chi connectivity index (χ3v) is 6.57. The Morgan fingerprint density at radius 3 is 2.89 bits per heavy atom. The first-order chi connectivity index (χ1) is 17.6. The van der Waals surface area contributed by atoms with Crippen LogP contribution in [0, 0.1) is 5.92 Å². The minimum atomic E-state index is -0.462. The molecule has 1 atom stereocenters. The van der Waals surface area contributed by atoms with Crippen LogP contribution in [-0.2, 0) is 11.3 Å². The molecule has 0 radical (unpaired) electrons. The number of aliphatic hydroxyl groups is 1. The Morgan fingerprint density at radius 1 is 1.19 bits per heavy atom. The minimum Gasteiger partial charge on any atom is -0.395 e. The van der Waals surface area contributed by atoms with Crippen LogP contribution in [0.1, 0.15) is 30.4 Å². The minimum absolute atomic E-state index is 0.105. The molecule has 0 saturated carbocycles. The zero-order chi connectivity index (χ0) is 25.2. The van der Waals surface area contributed by atoms with E-state index in [4.69, 9.17) is 0 Å². The second kappa shape index (κ2) is 13.2. The van der Waals surface area contributed by atoms with E-state index in [9.17, 15) is 9.90 Å². The number of amides is 1. The number of fused-ring (bicyclic) bond motifs is 2. The summed E-state index contributed by atoms with van der Waals surface area (Å²) in [4.78, 5) is 19.5. The van der Waals surface area contributed by atoms with Gasteiger partial charge in [0.05, 0.1) is 19.1 Å². The summed E-state index contributed by atoms with van der Waals surface area (Å²) in [6, 6.07) is 8.66. The van der Waals surface area contributed by atoms with E-state index in [0.717, 1.165) is 55.2 Å². The maximum atomic E-state index is 12.5. The standard InChI is InChI=1S/C28H38N6O2/c1-34-15-3-12-30-27(36)25(20-35)18-29-17-22-4-2-5-26(16-22)33-28-31-13-10-24(11-14-32-28)23-8-6-21(19-34)7-9-23/h4,6-11,13,16,25,29,35H,2-3,5,12,14-15,17-20H2,1H3,(H,30,36)(H2,31,32,33)/b13-10-,24-11+/t25-/m0/s1. The number of allylic oxidation sites excluding steroid dienone is 4. The summed E-state index contributed by atoms with van der Waals surface area (Å²) in [6.07, 6.45) is 13.2. The number of aliphatic hydroxyl groups excluding tert-OH is 1. The van der Waals surface area contributed by atoms with Crippen LogP contribution in [0.3, 0.4) is 0 Å². The van der Waals surface area contributed by atoms with Gasteiger partial charge in [0.1, 0.15) is 0 Å². The van der Waals surface area contributed by atoms with E-state index in [-0.39, 0.29) is 12.5 Å². The van der Waals surface area contributed by atoms with Crippen molar-refractivity contribution in [2.24, 2.45) is 10.9 Å². The molecule has 4 aliphatic heterocycles. The van der Waals surface area contributed by atoms with Crippen molar-refractivity contribution in [2.45, 2.75) is 25.8 Å². The van der Waals surface area contributed by atoms with Gasteiger partial charge in [-0.05, 0) is 67.3 Å². The van der Waals surface area contributed by atoms with Gasteiger partial charge in [0.25, 0.3) is 0 Å². The van der Waals surface area contributed by atoms with Crippen LogP contribution in [-0.4, -0.2) is 68.3 Å². The molecule has 5 N–H and O–H groups in total. The summed E-state index contributed by atoms with van der Waals surface area (Å²) in [5, 5.41) is 22.8. The van der Waals surface area contributed by atoms with Crippen LogP contribution >= 0.6 is 0 Å². The molecule has 0 aromatic heterocycles. The Balaban J connectivity index is 1.50. The number of aliphatic imine (C=N–C) groups is 1. The van der Waals surface area contributed by atoms with E-state index in [2.05, 4.69) is 86.8 Å². The molecule has 1 aromatic carbocycles. The van der Waals surface area contributed by atoms with Crippen molar-refractivity contribution in [2.75, 3.05) is 46.4 Å². The summed E-state index contributed by atoms with van der Waals surface area (Å²) in [5.74, 6) is 0.161. The first-order valence-electron chi connectivity index (χ1n) is 12.8. The number of rotatable bonds is 1. The van der Waals surface area contributed by atoms with Gasteiger partial charge in [-0.1, -0.05) is 36.4 Å². The average molecular weight is 491 g/mol. The van der Waals surface area contributed by atoms with Gasteiger partial charge < -0.3 is 31.3 Å². The highest BCUT2D eigenvalue weighted by Gasteiger charge is 2.17. The van der Waals surface area contributed by atoms with Crippen molar-refractivity contribution < 1.29 is 9.90 Å². The lowest BCUT2D eigenvalue weighted by molar-refractivity contribution is -0.126. The normalized spacial score (nSPS) is 24.9. The molecule has 6 rings (SSSR count). The fraction of sp³-hybridized carbons (Fsp3) is 0.429. The van der Waals surface area contributed by atoms with Crippen LogP contribution < -0.4 is 21.3 Å². The fourth-order valence-corrected chi connectivity index (χ4v) is 4.52. The molecule has 5 aliphatic rings.